The van der Waals surface area contributed by atoms with Crippen molar-refractivity contribution in [2.75, 3.05) is 5.32 Å². The number of fused-ring (bicyclic) bond motifs is 5. The Morgan fingerprint density at radius 1 is 1.19 bits per heavy atom. The summed E-state index contributed by atoms with van der Waals surface area (Å²) in [6.45, 7) is 1.82. The molecule has 0 saturated heterocycles. The topological polar surface area (TPSA) is 55.2 Å². The number of hydrogen-bond donors (Lipinski definition) is 1. The Morgan fingerprint density at radius 2 is 2.00 bits per heavy atom. The molecule has 0 aliphatic heterocycles. The summed E-state index contributed by atoms with van der Waals surface area (Å²) in [5.74, 6) is 3.71. The van der Waals surface area contributed by atoms with Crippen LogP contribution in [0.25, 0.3) is 0 Å². The maximum atomic E-state index is 10.9. The van der Waals surface area contributed by atoms with Gasteiger partial charge in [0.2, 0.25) is 0 Å². The fraction of sp³-hybridized carbons (Fsp3) is 0.647. The minimum Gasteiger partial charge on any atom is -0.382 e. The highest BCUT2D eigenvalue weighted by Crippen LogP contribution is 2.59. The van der Waals surface area contributed by atoms with E-state index in [0.717, 1.165) is 34.9 Å². The predicted molar refractivity (Wildman–Crippen MR) is 82.3 cm³/mol. The third-order valence-corrected chi connectivity index (χ3v) is 6.17. The van der Waals surface area contributed by atoms with Crippen LogP contribution >= 0.6 is 0 Å². The van der Waals surface area contributed by atoms with Crippen molar-refractivity contribution in [2.24, 2.45) is 23.7 Å². The highest BCUT2D eigenvalue weighted by molar-refractivity contribution is 5.54. The Balaban J connectivity index is 1.50. The van der Waals surface area contributed by atoms with E-state index >= 15 is 0 Å². The van der Waals surface area contributed by atoms with E-state index < -0.39 is 0 Å². The van der Waals surface area contributed by atoms with Crippen molar-refractivity contribution in [1.29, 1.82) is 0 Å². The lowest BCUT2D eigenvalue weighted by atomic mass is 9.79. The fourth-order valence-corrected chi connectivity index (χ4v) is 5.40. The van der Waals surface area contributed by atoms with Crippen LogP contribution in [0.3, 0.4) is 0 Å². The van der Waals surface area contributed by atoms with E-state index in [0.29, 0.717) is 6.04 Å². The van der Waals surface area contributed by atoms with Crippen molar-refractivity contribution in [3.63, 3.8) is 0 Å². The van der Waals surface area contributed by atoms with Crippen molar-refractivity contribution in [3.8, 4) is 0 Å². The Kier molecular flexibility index (Phi) is 2.95. The summed E-state index contributed by atoms with van der Waals surface area (Å²) in [6, 6.07) is 6.00. The highest BCUT2D eigenvalue weighted by Gasteiger charge is 2.53. The highest BCUT2D eigenvalue weighted by atomic mass is 16.6. The number of aryl methyl sites for hydroxylation is 1. The van der Waals surface area contributed by atoms with Gasteiger partial charge < -0.3 is 5.32 Å². The summed E-state index contributed by atoms with van der Waals surface area (Å²) in [5, 5.41) is 14.6. The standard InChI is InChI=1S/C17H22N2O2/c1-10-7-12(5-6-17(10)19(20)21)18-16-9-11-8-15(16)14-4-2-3-13(11)14/h5-7,11,13-16,18H,2-4,8-9H2,1H3. The first-order valence-electron chi connectivity index (χ1n) is 8.15. The maximum absolute atomic E-state index is 10.9. The molecule has 3 fully saturated rings. The zero-order valence-corrected chi connectivity index (χ0v) is 12.4. The summed E-state index contributed by atoms with van der Waals surface area (Å²) < 4.78 is 0. The number of benzene rings is 1. The predicted octanol–water partition coefficient (Wildman–Crippen LogP) is 4.14. The number of anilines is 1. The van der Waals surface area contributed by atoms with Crippen LogP contribution in [-0.2, 0) is 0 Å². The molecule has 1 N–H and O–H groups in total. The Bertz CT molecular complexity index is 586. The molecular weight excluding hydrogens is 264 g/mol. The van der Waals surface area contributed by atoms with Crippen molar-refractivity contribution in [3.05, 3.63) is 33.9 Å². The van der Waals surface area contributed by atoms with Crippen LogP contribution in [-0.4, -0.2) is 11.0 Å². The normalized spacial score (nSPS) is 36.7. The molecule has 112 valence electrons. The summed E-state index contributed by atoms with van der Waals surface area (Å²) >= 11 is 0. The number of nitro groups is 1. The van der Waals surface area contributed by atoms with Crippen molar-refractivity contribution >= 4 is 11.4 Å². The van der Waals surface area contributed by atoms with Crippen LogP contribution in [0.1, 0.15) is 37.7 Å². The first-order valence-corrected chi connectivity index (χ1v) is 8.15. The monoisotopic (exact) mass is 286 g/mol. The largest absolute Gasteiger partial charge is 0.382 e. The molecular formula is C17H22N2O2. The molecule has 3 saturated carbocycles. The molecule has 3 aliphatic carbocycles. The first kappa shape index (κ1) is 13.1. The van der Waals surface area contributed by atoms with Gasteiger partial charge in [-0.3, -0.25) is 10.1 Å². The lowest BCUT2D eigenvalue weighted by Crippen LogP contribution is -2.33. The van der Waals surface area contributed by atoms with Gasteiger partial charge in [-0.25, -0.2) is 0 Å². The number of rotatable bonds is 3. The van der Waals surface area contributed by atoms with Gasteiger partial charge in [-0.2, -0.15) is 0 Å². The molecule has 4 heteroatoms. The van der Waals surface area contributed by atoms with E-state index in [1.807, 2.05) is 19.1 Å². The van der Waals surface area contributed by atoms with E-state index in [2.05, 4.69) is 5.32 Å². The molecule has 5 atom stereocenters. The van der Waals surface area contributed by atoms with Crippen molar-refractivity contribution in [1.82, 2.24) is 0 Å². The number of hydrogen-bond acceptors (Lipinski definition) is 3. The Labute approximate surface area is 125 Å². The second-order valence-corrected chi connectivity index (χ2v) is 7.16. The van der Waals surface area contributed by atoms with E-state index in [1.54, 1.807) is 6.07 Å². The van der Waals surface area contributed by atoms with Gasteiger partial charge >= 0.3 is 0 Å². The average Bonchev–Trinajstić information content (AvgIpc) is 3.09. The van der Waals surface area contributed by atoms with Gasteiger partial charge in [0.1, 0.15) is 0 Å². The number of nitro benzene ring substituents is 1. The van der Waals surface area contributed by atoms with Gasteiger partial charge in [-0.15, -0.1) is 0 Å². The van der Waals surface area contributed by atoms with Crippen molar-refractivity contribution < 1.29 is 4.92 Å². The zero-order valence-electron chi connectivity index (χ0n) is 12.4. The molecule has 0 amide bonds. The molecule has 0 aromatic heterocycles. The molecule has 4 nitrogen and oxygen atoms in total. The third-order valence-electron chi connectivity index (χ3n) is 6.17. The van der Waals surface area contributed by atoms with Crippen LogP contribution in [0.2, 0.25) is 0 Å². The number of nitrogens with zero attached hydrogens (tertiary/aromatic N) is 1. The summed E-state index contributed by atoms with van der Waals surface area (Å²) in [7, 11) is 0. The van der Waals surface area contributed by atoms with Gasteiger partial charge in [-0.1, -0.05) is 6.42 Å². The molecule has 2 bridgehead atoms. The molecule has 3 aliphatic rings. The van der Waals surface area contributed by atoms with Crippen LogP contribution in [0.4, 0.5) is 11.4 Å². The van der Waals surface area contributed by atoms with Gasteiger partial charge in [0.15, 0.2) is 0 Å². The smallest absolute Gasteiger partial charge is 0.272 e. The SMILES string of the molecule is Cc1cc(NC2CC3CC2C2CCCC32)ccc1[N+](=O)[O-]. The molecule has 1 aromatic carbocycles. The molecule has 5 unspecified atom stereocenters. The molecule has 21 heavy (non-hydrogen) atoms. The molecule has 0 spiro atoms. The molecule has 0 radical (unpaired) electrons. The summed E-state index contributed by atoms with van der Waals surface area (Å²) in [6.07, 6.45) is 6.99. The Hall–Kier alpha value is -1.58. The lowest BCUT2D eigenvalue weighted by molar-refractivity contribution is -0.385. The van der Waals surface area contributed by atoms with Gasteiger partial charge in [0.05, 0.1) is 4.92 Å². The van der Waals surface area contributed by atoms with Crippen LogP contribution in [0, 0.1) is 40.7 Å². The van der Waals surface area contributed by atoms with Gasteiger partial charge in [0, 0.05) is 23.4 Å². The van der Waals surface area contributed by atoms with E-state index in [-0.39, 0.29) is 10.6 Å². The van der Waals surface area contributed by atoms with Crippen molar-refractivity contribution in [2.45, 2.75) is 45.1 Å². The minimum absolute atomic E-state index is 0.212. The number of nitrogens with one attached hydrogen (secondary N) is 1. The van der Waals surface area contributed by atoms with Crippen LogP contribution in [0.5, 0.6) is 0 Å². The molecule has 4 rings (SSSR count). The maximum Gasteiger partial charge on any atom is 0.272 e. The quantitative estimate of drug-likeness (QED) is 0.671. The average molecular weight is 286 g/mol. The minimum atomic E-state index is -0.306. The zero-order chi connectivity index (χ0) is 14.6. The second kappa shape index (κ2) is 4.72. The van der Waals surface area contributed by atoms with E-state index in [9.17, 15) is 10.1 Å². The third kappa shape index (κ3) is 2.03. The fourth-order valence-electron chi connectivity index (χ4n) is 5.40. The Morgan fingerprint density at radius 3 is 2.76 bits per heavy atom. The second-order valence-electron chi connectivity index (χ2n) is 7.16. The van der Waals surface area contributed by atoms with Crippen LogP contribution < -0.4 is 5.32 Å². The van der Waals surface area contributed by atoms with Gasteiger partial charge in [0.25, 0.3) is 5.69 Å². The lowest BCUT2D eigenvalue weighted by Gasteiger charge is -2.32. The van der Waals surface area contributed by atoms with E-state index in [4.69, 9.17) is 0 Å². The molecule has 0 heterocycles. The van der Waals surface area contributed by atoms with Gasteiger partial charge in [-0.05, 0) is 68.4 Å². The molecule has 1 aromatic rings. The van der Waals surface area contributed by atoms with E-state index in [1.165, 1.54) is 32.1 Å². The summed E-state index contributed by atoms with van der Waals surface area (Å²) in [4.78, 5) is 10.6. The first-order chi connectivity index (χ1) is 10.1. The summed E-state index contributed by atoms with van der Waals surface area (Å²) in [5.41, 5.74) is 2.00. The van der Waals surface area contributed by atoms with Crippen LogP contribution in [0.15, 0.2) is 18.2 Å².